The SMILES string of the molecule is CC(=O)NC1CCC(N(C)C(=O)c2ccc(C3CCCNC3)cc2)CC1. The molecule has 5 nitrogen and oxygen atoms in total. The van der Waals surface area contributed by atoms with Crippen molar-refractivity contribution in [1.29, 1.82) is 0 Å². The van der Waals surface area contributed by atoms with Crippen LogP contribution in [0.4, 0.5) is 0 Å². The van der Waals surface area contributed by atoms with Crippen molar-refractivity contribution in [2.45, 2.75) is 63.5 Å². The summed E-state index contributed by atoms with van der Waals surface area (Å²) in [5.41, 5.74) is 2.09. The van der Waals surface area contributed by atoms with E-state index in [0.29, 0.717) is 5.92 Å². The molecule has 142 valence electrons. The molecule has 1 atom stereocenters. The molecular formula is C21H31N3O2. The van der Waals surface area contributed by atoms with Crippen LogP contribution in [0, 0.1) is 0 Å². The standard InChI is InChI=1S/C21H31N3O2/c1-15(25)23-19-9-11-20(12-10-19)24(2)21(26)17-7-5-16(6-8-17)18-4-3-13-22-14-18/h5-8,18-20,22H,3-4,9-14H2,1-2H3,(H,23,25). The van der Waals surface area contributed by atoms with Crippen molar-refractivity contribution in [3.8, 4) is 0 Å². The van der Waals surface area contributed by atoms with Gasteiger partial charge in [0.2, 0.25) is 5.91 Å². The molecule has 2 amide bonds. The summed E-state index contributed by atoms with van der Waals surface area (Å²) < 4.78 is 0. The van der Waals surface area contributed by atoms with Crippen LogP contribution in [0.2, 0.25) is 0 Å². The van der Waals surface area contributed by atoms with Crippen LogP contribution in [-0.2, 0) is 4.79 Å². The second-order valence-electron chi connectivity index (χ2n) is 7.79. The van der Waals surface area contributed by atoms with E-state index in [1.165, 1.54) is 18.4 Å². The fourth-order valence-corrected chi connectivity index (χ4v) is 4.30. The summed E-state index contributed by atoms with van der Waals surface area (Å²) in [7, 11) is 1.91. The summed E-state index contributed by atoms with van der Waals surface area (Å²) in [4.78, 5) is 25.9. The van der Waals surface area contributed by atoms with Crippen molar-refractivity contribution in [1.82, 2.24) is 15.5 Å². The molecule has 2 N–H and O–H groups in total. The summed E-state index contributed by atoms with van der Waals surface area (Å²) in [6, 6.07) is 8.71. The highest BCUT2D eigenvalue weighted by Crippen LogP contribution is 2.26. The van der Waals surface area contributed by atoms with Crippen LogP contribution in [0.25, 0.3) is 0 Å². The predicted molar refractivity (Wildman–Crippen MR) is 103 cm³/mol. The Morgan fingerprint density at radius 1 is 1.08 bits per heavy atom. The van der Waals surface area contributed by atoms with Gasteiger partial charge in [0.05, 0.1) is 0 Å². The molecule has 1 saturated heterocycles. The fraction of sp³-hybridized carbons (Fsp3) is 0.619. The Bertz CT molecular complexity index is 615. The quantitative estimate of drug-likeness (QED) is 0.871. The van der Waals surface area contributed by atoms with Crippen molar-refractivity contribution in [3.05, 3.63) is 35.4 Å². The normalized spacial score (nSPS) is 26.2. The minimum Gasteiger partial charge on any atom is -0.354 e. The van der Waals surface area contributed by atoms with E-state index in [1.54, 1.807) is 6.92 Å². The molecule has 5 heteroatoms. The molecule has 1 saturated carbocycles. The first-order valence-electron chi connectivity index (χ1n) is 9.89. The van der Waals surface area contributed by atoms with Gasteiger partial charge in [0, 0.05) is 38.2 Å². The first-order valence-corrected chi connectivity index (χ1v) is 9.89. The Kier molecular flexibility index (Phi) is 6.30. The summed E-state index contributed by atoms with van der Waals surface area (Å²) in [6.45, 7) is 3.71. The zero-order chi connectivity index (χ0) is 18.5. The first kappa shape index (κ1) is 18.9. The van der Waals surface area contributed by atoms with Crippen LogP contribution < -0.4 is 10.6 Å². The number of hydrogen-bond donors (Lipinski definition) is 2. The topological polar surface area (TPSA) is 61.4 Å². The van der Waals surface area contributed by atoms with E-state index >= 15 is 0 Å². The number of hydrogen-bond acceptors (Lipinski definition) is 3. The van der Waals surface area contributed by atoms with E-state index in [9.17, 15) is 9.59 Å². The maximum Gasteiger partial charge on any atom is 0.253 e. The smallest absolute Gasteiger partial charge is 0.253 e. The molecule has 1 aliphatic carbocycles. The lowest BCUT2D eigenvalue weighted by molar-refractivity contribution is -0.119. The Morgan fingerprint density at radius 2 is 1.77 bits per heavy atom. The number of benzene rings is 1. The molecule has 0 bridgehead atoms. The Balaban J connectivity index is 1.56. The van der Waals surface area contributed by atoms with Gasteiger partial charge < -0.3 is 15.5 Å². The lowest BCUT2D eigenvalue weighted by Crippen LogP contribution is -2.44. The summed E-state index contributed by atoms with van der Waals surface area (Å²) in [6.07, 6.45) is 6.20. The first-order chi connectivity index (χ1) is 12.5. The summed E-state index contributed by atoms with van der Waals surface area (Å²) in [5.74, 6) is 0.696. The molecule has 1 aliphatic heterocycles. The van der Waals surface area contributed by atoms with E-state index in [1.807, 2.05) is 24.1 Å². The van der Waals surface area contributed by atoms with Crippen LogP contribution >= 0.6 is 0 Å². The summed E-state index contributed by atoms with van der Waals surface area (Å²) in [5, 5.41) is 6.44. The van der Waals surface area contributed by atoms with Gasteiger partial charge in [-0.25, -0.2) is 0 Å². The van der Waals surface area contributed by atoms with E-state index < -0.39 is 0 Å². The van der Waals surface area contributed by atoms with E-state index in [2.05, 4.69) is 22.8 Å². The van der Waals surface area contributed by atoms with Gasteiger partial charge in [-0.1, -0.05) is 12.1 Å². The van der Waals surface area contributed by atoms with Gasteiger partial charge in [-0.05, 0) is 68.7 Å². The largest absolute Gasteiger partial charge is 0.354 e. The van der Waals surface area contributed by atoms with Gasteiger partial charge in [0.15, 0.2) is 0 Å². The highest BCUT2D eigenvalue weighted by Gasteiger charge is 2.27. The summed E-state index contributed by atoms with van der Waals surface area (Å²) >= 11 is 0. The van der Waals surface area contributed by atoms with Crippen LogP contribution in [-0.4, -0.2) is 48.9 Å². The lowest BCUT2D eigenvalue weighted by Gasteiger charge is -2.35. The predicted octanol–water partition coefficient (Wildman–Crippen LogP) is 2.67. The third kappa shape index (κ3) is 4.64. The molecule has 1 unspecified atom stereocenters. The Morgan fingerprint density at radius 3 is 2.35 bits per heavy atom. The molecule has 1 aromatic carbocycles. The fourth-order valence-electron chi connectivity index (χ4n) is 4.30. The second kappa shape index (κ2) is 8.67. The van der Waals surface area contributed by atoms with E-state index in [-0.39, 0.29) is 23.9 Å². The van der Waals surface area contributed by atoms with Gasteiger partial charge in [0.1, 0.15) is 0 Å². The maximum atomic E-state index is 12.8. The minimum atomic E-state index is 0.0335. The molecule has 1 heterocycles. The van der Waals surface area contributed by atoms with Crippen molar-refractivity contribution in [2.75, 3.05) is 20.1 Å². The zero-order valence-corrected chi connectivity index (χ0v) is 16.0. The zero-order valence-electron chi connectivity index (χ0n) is 16.0. The average Bonchev–Trinajstić information content (AvgIpc) is 2.68. The third-order valence-electron chi connectivity index (χ3n) is 5.90. The van der Waals surface area contributed by atoms with Crippen molar-refractivity contribution >= 4 is 11.8 Å². The number of carbonyl (C=O) groups is 2. The number of nitrogens with one attached hydrogen (secondary N) is 2. The molecule has 2 fully saturated rings. The maximum absolute atomic E-state index is 12.8. The van der Waals surface area contributed by atoms with Gasteiger partial charge in [0.25, 0.3) is 5.91 Å². The minimum absolute atomic E-state index is 0.0335. The molecule has 2 aliphatic rings. The van der Waals surface area contributed by atoms with Crippen LogP contribution in [0.3, 0.4) is 0 Å². The molecule has 1 aromatic rings. The highest BCUT2D eigenvalue weighted by molar-refractivity contribution is 5.94. The van der Waals surface area contributed by atoms with Crippen LogP contribution in [0.5, 0.6) is 0 Å². The van der Waals surface area contributed by atoms with Gasteiger partial charge in [-0.2, -0.15) is 0 Å². The number of nitrogens with zero attached hydrogens (tertiary/aromatic N) is 1. The highest BCUT2D eigenvalue weighted by atomic mass is 16.2. The van der Waals surface area contributed by atoms with Crippen molar-refractivity contribution in [3.63, 3.8) is 0 Å². The average molecular weight is 357 g/mol. The number of piperidine rings is 1. The molecular weight excluding hydrogens is 326 g/mol. The number of rotatable bonds is 4. The number of carbonyl (C=O) groups excluding carboxylic acids is 2. The Labute approximate surface area is 156 Å². The van der Waals surface area contributed by atoms with Crippen molar-refractivity contribution in [2.24, 2.45) is 0 Å². The number of amides is 2. The van der Waals surface area contributed by atoms with E-state index in [4.69, 9.17) is 0 Å². The van der Waals surface area contributed by atoms with Crippen LogP contribution in [0.1, 0.15) is 67.3 Å². The third-order valence-corrected chi connectivity index (χ3v) is 5.90. The molecule has 3 rings (SSSR count). The van der Waals surface area contributed by atoms with E-state index in [0.717, 1.165) is 44.3 Å². The second-order valence-corrected chi connectivity index (χ2v) is 7.79. The van der Waals surface area contributed by atoms with Crippen molar-refractivity contribution < 1.29 is 9.59 Å². The molecule has 0 spiro atoms. The van der Waals surface area contributed by atoms with Gasteiger partial charge >= 0.3 is 0 Å². The molecule has 26 heavy (non-hydrogen) atoms. The lowest BCUT2D eigenvalue weighted by atomic mass is 9.89. The monoisotopic (exact) mass is 357 g/mol. The van der Waals surface area contributed by atoms with Gasteiger partial charge in [-0.3, -0.25) is 9.59 Å². The Hall–Kier alpha value is -1.88. The molecule has 0 aromatic heterocycles. The molecule has 0 radical (unpaired) electrons. The van der Waals surface area contributed by atoms with Gasteiger partial charge in [-0.15, -0.1) is 0 Å². The van der Waals surface area contributed by atoms with Crippen LogP contribution in [0.15, 0.2) is 24.3 Å².